The van der Waals surface area contributed by atoms with Crippen LogP contribution in [0.5, 0.6) is 0 Å². The quantitative estimate of drug-likeness (QED) is 0.906. The standard InChI is InChI=1S/C18H21NO2/c1-13-9-10-15(11-14(13)2)17(20)19-12-18(3,21)16-7-5-4-6-8-16/h4-11,21H,12H2,1-3H3,(H,19,20). The maximum atomic E-state index is 12.2. The summed E-state index contributed by atoms with van der Waals surface area (Å²) >= 11 is 0. The number of hydrogen-bond acceptors (Lipinski definition) is 2. The zero-order valence-corrected chi connectivity index (χ0v) is 12.7. The number of carbonyl (C=O) groups excluding carboxylic acids is 1. The third-order valence-corrected chi connectivity index (χ3v) is 3.76. The molecule has 0 bridgehead atoms. The van der Waals surface area contributed by atoms with Gasteiger partial charge in [-0.1, -0.05) is 36.4 Å². The normalized spacial score (nSPS) is 13.5. The maximum absolute atomic E-state index is 12.2. The molecule has 0 heterocycles. The molecule has 0 fully saturated rings. The summed E-state index contributed by atoms with van der Waals surface area (Å²) in [5.41, 5.74) is 2.55. The first-order valence-electron chi connectivity index (χ1n) is 7.03. The highest BCUT2D eigenvalue weighted by Gasteiger charge is 2.23. The van der Waals surface area contributed by atoms with Crippen molar-refractivity contribution < 1.29 is 9.90 Å². The zero-order valence-electron chi connectivity index (χ0n) is 12.7. The van der Waals surface area contributed by atoms with E-state index < -0.39 is 5.60 Å². The van der Waals surface area contributed by atoms with E-state index in [1.165, 1.54) is 0 Å². The summed E-state index contributed by atoms with van der Waals surface area (Å²) < 4.78 is 0. The summed E-state index contributed by atoms with van der Waals surface area (Å²) in [5.74, 6) is -0.172. The highest BCUT2D eigenvalue weighted by molar-refractivity contribution is 5.94. The molecule has 2 aromatic carbocycles. The average Bonchev–Trinajstić information content (AvgIpc) is 2.48. The van der Waals surface area contributed by atoms with Gasteiger partial charge in [0.2, 0.25) is 0 Å². The molecule has 110 valence electrons. The summed E-state index contributed by atoms with van der Waals surface area (Å²) in [5, 5.41) is 13.3. The van der Waals surface area contributed by atoms with E-state index in [0.717, 1.165) is 16.7 Å². The van der Waals surface area contributed by atoms with Crippen molar-refractivity contribution in [3.8, 4) is 0 Å². The van der Waals surface area contributed by atoms with Gasteiger partial charge >= 0.3 is 0 Å². The number of nitrogens with one attached hydrogen (secondary N) is 1. The highest BCUT2D eigenvalue weighted by Crippen LogP contribution is 2.19. The Morgan fingerprint density at radius 1 is 1.10 bits per heavy atom. The molecule has 1 unspecified atom stereocenters. The monoisotopic (exact) mass is 283 g/mol. The first-order chi connectivity index (χ1) is 9.90. The Kier molecular flexibility index (Phi) is 4.43. The minimum Gasteiger partial charge on any atom is -0.384 e. The Hall–Kier alpha value is -2.13. The second kappa shape index (κ2) is 6.10. The van der Waals surface area contributed by atoms with Crippen LogP contribution >= 0.6 is 0 Å². The van der Waals surface area contributed by atoms with Crippen molar-refractivity contribution in [1.29, 1.82) is 0 Å². The van der Waals surface area contributed by atoms with Crippen molar-refractivity contribution in [3.05, 3.63) is 70.8 Å². The number of carbonyl (C=O) groups is 1. The summed E-state index contributed by atoms with van der Waals surface area (Å²) in [6, 6.07) is 14.9. The van der Waals surface area contributed by atoms with E-state index in [1.807, 2.05) is 56.3 Å². The molecule has 0 saturated carbocycles. The summed E-state index contributed by atoms with van der Waals surface area (Å²) in [6.07, 6.45) is 0. The number of benzene rings is 2. The number of aliphatic hydroxyl groups is 1. The minimum absolute atomic E-state index is 0.169. The predicted octanol–water partition coefficient (Wildman–Crippen LogP) is 2.94. The molecular weight excluding hydrogens is 262 g/mol. The van der Waals surface area contributed by atoms with Crippen molar-refractivity contribution >= 4 is 5.91 Å². The molecule has 1 amide bonds. The van der Waals surface area contributed by atoms with E-state index in [4.69, 9.17) is 0 Å². The maximum Gasteiger partial charge on any atom is 0.251 e. The zero-order chi connectivity index (χ0) is 15.5. The molecule has 21 heavy (non-hydrogen) atoms. The van der Waals surface area contributed by atoms with Crippen molar-refractivity contribution in [2.75, 3.05) is 6.54 Å². The van der Waals surface area contributed by atoms with E-state index in [0.29, 0.717) is 5.56 Å². The van der Waals surface area contributed by atoms with Gasteiger partial charge in [0, 0.05) is 5.56 Å². The molecule has 0 aliphatic carbocycles. The molecule has 0 spiro atoms. The molecule has 2 aromatic rings. The Bertz CT molecular complexity index is 633. The smallest absolute Gasteiger partial charge is 0.251 e. The minimum atomic E-state index is -1.09. The fraction of sp³-hybridized carbons (Fsp3) is 0.278. The molecule has 0 aliphatic heterocycles. The van der Waals surface area contributed by atoms with Crippen LogP contribution in [-0.2, 0) is 5.60 Å². The molecule has 1 atom stereocenters. The van der Waals surface area contributed by atoms with E-state index in [1.54, 1.807) is 13.0 Å². The lowest BCUT2D eigenvalue weighted by Gasteiger charge is -2.24. The number of amides is 1. The van der Waals surface area contributed by atoms with Crippen LogP contribution < -0.4 is 5.32 Å². The fourth-order valence-electron chi connectivity index (χ4n) is 2.14. The predicted molar refractivity (Wildman–Crippen MR) is 84.3 cm³/mol. The van der Waals surface area contributed by atoms with Gasteiger partial charge in [-0.05, 0) is 49.6 Å². The highest BCUT2D eigenvalue weighted by atomic mass is 16.3. The Balaban J connectivity index is 2.05. The van der Waals surface area contributed by atoms with Crippen LogP contribution in [0.1, 0.15) is 34.0 Å². The van der Waals surface area contributed by atoms with Crippen LogP contribution in [0.4, 0.5) is 0 Å². The van der Waals surface area contributed by atoms with Gasteiger partial charge < -0.3 is 10.4 Å². The van der Waals surface area contributed by atoms with Gasteiger partial charge in [0.1, 0.15) is 5.60 Å². The van der Waals surface area contributed by atoms with E-state index >= 15 is 0 Å². The van der Waals surface area contributed by atoms with Crippen LogP contribution in [0.15, 0.2) is 48.5 Å². The molecule has 0 saturated heterocycles. The van der Waals surface area contributed by atoms with E-state index in [2.05, 4.69) is 5.32 Å². The third kappa shape index (κ3) is 3.70. The summed E-state index contributed by atoms with van der Waals surface area (Å²) in [7, 11) is 0. The second-order valence-electron chi connectivity index (χ2n) is 5.62. The Labute approximate surface area is 125 Å². The van der Waals surface area contributed by atoms with Crippen molar-refractivity contribution in [2.24, 2.45) is 0 Å². The molecule has 0 radical (unpaired) electrons. The van der Waals surface area contributed by atoms with Crippen molar-refractivity contribution in [3.63, 3.8) is 0 Å². The molecule has 2 rings (SSSR count). The first-order valence-corrected chi connectivity index (χ1v) is 7.03. The lowest BCUT2D eigenvalue weighted by atomic mass is 9.96. The van der Waals surface area contributed by atoms with E-state index in [-0.39, 0.29) is 12.5 Å². The second-order valence-corrected chi connectivity index (χ2v) is 5.62. The molecule has 3 nitrogen and oxygen atoms in total. The Morgan fingerprint density at radius 2 is 1.76 bits per heavy atom. The number of rotatable bonds is 4. The van der Waals surface area contributed by atoms with Gasteiger partial charge in [0.15, 0.2) is 0 Å². The number of hydrogen-bond donors (Lipinski definition) is 2. The van der Waals surface area contributed by atoms with Gasteiger partial charge in [-0.2, -0.15) is 0 Å². The average molecular weight is 283 g/mol. The van der Waals surface area contributed by atoms with Gasteiger partial charge in [0.25, 0.3) is 5.91 Å². The number of aryl methyl sites for hydroxylation is 2. The van der Waals surface area contributed by atoms with Crippen molar-refractivity contribution in [1.82, 2.24) is 5.32 Å². The van der Waals surface area contributed by atoms with Crippen LogP contribution in [0.25, 0.3) is 0 Å². The first kappa shape index (κ1) is 15.3. The van der Waals surface area contributed by atoms with Gasteiger partial charge in [-0.25, -0.2) is 0 Å². The lowest BCUT2D eigenvalue weighted by Crippen LogP contribution is -2.38. The molecule has 3 heteroatoms. The third-order valence-electron chi connectivity index (χ3n) is 3.76. The largest absolute Gasteiger partial charge is 0.384 e. The molecule has 0 aromatic heterocycles. The van der Waals surface area contributed by atoms with Gasteiger partial charge in [0.05, 0.1) is 6.54 Å². The fourth-order valence-corrected chi connectivity index (χ4v) is 2.14. The summed E-state index contributed by atoms with van der Waals surface area (Å²) in [6.45, 7) is 5.86. The summed E-state index contributed by atoms with van der Waals surface area (Å²) in [4.78, 5) is 12.2. The van der Waals surface area contributed by atoms with E-state index in [9.17, 15) is 9.90 Å². The SMILES string of the molecule is Cc1ccc(C(=O)NCC(C)(O)c2ccccc2)cc1C. The van der Waals surface area contributed by atoms with Crippen LogP contribution in [-0.4, -0.2) is 17.6 Å². The van der Waals surface area contributed by atoms with Crippen molar-refractivity contribution in [2.45, 2.75) is 26.4 Å². The lowest BCUT2D eigenvalue weighted by molar-refractivity contribution is 0.0526. The molecule has 0 aliphatic rings. The Morgan fingerprint density at radius 3 is 2.38 bits per heavy atom. The molecular formula is C18H21NO2. The van der Waals surface area contributed by atoms with Crippen LogP contribution in [0.2, 0.25) is 0 Å². The van der Waals surface area contributed by atoms with Crippen LogP contribution in [0, 0.1) is 13.8 Å². The van der Waals surface area contributed by atoms with Gasteiger partial charge in [-0.15, -0.1) is 0 Å². The van der Waals surface area contributed by atoms with Gasteiger partial charge in [-0.3, -0.25) is 4.79 Å². The molecule has 2 N–H and O–H groups in total. The topological polar surface area (TPSA) is 49.3 Å². The van der Waals surface area contributed by atoms with Crippen LogP contribution in [0.3, 0.4) is 0 Å².